The van der Waals surface area contributed by atoms with Gasteiger partial charge in [0.25, 0.3) is 5.56 Å². The van der Waals surface area contributed by atoms with Gasteiger partial charge in [-0.15, -0.1) is 17.9 Å². The van der Waals surface area contributed by atoms with Gasteiger partial charge in [-0.2, -0.15) is 0 Å². The molecule has 1 aromatic carbocycles. The Labute approximate surface area is 193 Å². The highest BCUT2D eigenvalue weighted by molar-refractivity contribution is 7.99. The molecule has 32 heavy (non-hydrogen) atoms. The topological polar surface area (TPSA) is 77.1 Å². The van der Waals surface area contributed by atoms with E-state index in [1.54, 1.807) is 22.0 Å². The zero-order chi connectivity index (χ0) is 22.2. The molecule has 8 heteroatoms. The van der Waals surface area contributed by atoms with Crippen LogP contribution in [0.4, 0.5) is 0 Å². The Kier molecular flexibility index (Phi) is 5.65. The number of hydrogen-bond acceptors (Lipinski definition) is 6. The first-order valence-corrected chi connectivity index (χ1v) is 12.4. The largest absolute Gasteiger partial charge is 0.459 e. The molecule has 3 heterocycles. The van der Waals surface area contributed by atoms with Gasteiger partial charge in [0.2, 0.25) is 5.91 Å². The summed E-state index contributed by atoms with van der Waals surface area (Å²) in [6.45, 7) is 6.04. The van der Waals surface area contributed by atoms with E-state index in [-0.39, 0.29) is 23.3 Å². The molecule has 6 nitrogen and oxygen atoms in total. The number of hydrogen-bond donors (Lipinski definition) is 1. The van der Waals surface area contributed by atoms with Crippen molar-refractivity contribution >= 4 is 50.2 Å². The van der Waals surface area contributed by atoms with Crippen LogP contribution in [0, 0.1) is 0 Å². The fourth-order valence-corrected chi connectivity index (χ4v) is 6.28. The molecule has 0 saturated heterocycles. The van der Waals surface area contributed by atoms with Gasteiger partial charge in [0.15, 0.2) is 5.16 Å². The number of nitrogens with one attached hydrogen (secondary N) is 1. The van der Waals surface area contributed by atoms with Crippen LogP contribution >= 0.6 is 23.1 Å². The van der Waals surface area contributed by atoms with Crippen molar-refractivity contribution in [1.82, 2.24) is 14.9 Å². The maximum absolute atomic E-state index is 13.2. The maximum Gasteiger partial charge on any atom is 0.263 e. The Bertz CT molecular complexity index is 1370. The van der Waals surface area contributed by atoms with E-state index in [2.05, 4.69) is 11.9 Å². The highest BCUT2D eigenvalue weighted by Crippen LogP contribution is 2.35. The number of thiophene rings is 1. The van der Waals surface area contributed by atoms with Gasteiger partial charge in [-0.1, -0.05) is 36.0 Å². The lowest BCUT2D eigenvalue weighted by Crippen LogP contribution is -2.29. The van der Waals surface area contributed by atoms with Crippen LogP contribution in [0.5, 0.6) is 0 Å². The van der Waals surface area contributed by atoms with Crippen molar-refractivity contribution in [2.75, 3.05) is 5.75 Å². The van der Waals surface area contributed by atoms with Crippen LogP contribution in [0.15, 0.2) is 57.4 Å². The number of thioether (sulfide) groups is 1. The molecule has 0 spiro atoms. The summed E-state index contributed by atoms with van der Waals surface area (Å²) in [5.41, 5.74) is 1.92. The number of para-hydroxylation sites is 1. The molecule has 0 fully saturated rings. The standard InChI is InChI=1S/C24H23N3O3S2/c1-3-11-27-23(29)21-16-8-6-10-19(16)32-22(21)26-24(27)31-13-20(28)25-14(2)18-12-15-7-4-5-9-17(15)30-18/h3-5,7,9,12,14H,1,6,8,10-11,13H2,2H3,(H,25,28)/t14-/m1/s1. The van der Waals surface area contributed by atoms with Crippen LogP contribution in [-0.2, 0) is 24.2 Å². The molecule has 1 atom stereocenters. The lowest BCUT2D eigenvalue weighted by molar-refractivity contribution is -0.119. The van der Waals surface area contributed by atoms with Gasteiger partial charge in [-0.25, -0.2) is 4.98 Å². The highest BCUT2D eigenvalue weighted by atomic mass is 32.2. The molecule has 1 aliphatic carbocycles. The number of rotatable bonds is 7. The smallest absolute Gasteiger partial charge is 0.263 e. The van der Waals surface area contributed by atoms with Crippen molar-refractivity contribution in [2.45, 2.75) is 43.9 Å². The molecular weight excluding hydrogens is 442 g/mol. The molecule has 4 aromatic rings. The van der Waals surface area contributed by atoms with E-state index in [1.807, 2.05) is 37.3 Å². The van der Waals surface area contributed by atoms with Crippen molar-refractivity contribution in [3.05, 3.63) is 69.5 Å². The molecule has 0 aliphatic heterocycles. The van der Waals surface area contributed by atoms with E-state index in [0.717, 1.165) is 46.0 Å². The minimum absolute atomic E-state index is 0.0344. The summed E-state index contributed by atoms with van der Waals surface area (Å²) in [4.78, 5) is 32.7. The molecular formula is C24H23N3O3S2. The van der Waals surface area contributed by atoms with E-state index in [9.17, 15) is 9.59 Å². The highest BCUT2D eigenvalue weighted by Gasteiger charge is 2.23. The SMILES string of the molecule is C=CCn1c(SCC(=O)N[C@H](C)c2cc3ccccc3o2)nc2sc3c(c2c1=O)CCC3. The molecule has 5 rings (SSSR count). The van der Waals surface area contributed by atoms with Crippen LogP contribution in [0.25, 0.3) is 21.2 Å². The number of aromatic nitrogens is 2. The number of carbonyl (C=O) groups is 1. The van der Waals surface area contributed by atoms with Crippen molar-refractivity contribution in [3.8, 4) is 0 Å². The molecule has 0 unspecified atom stereocenters. The Balaban J connectivity index is 1.34. The van der Waals surface area contributed by atoms with E-state index < -0.39 is 0 Å². The van der Waals surface area contributed by atoms with E-state index >= 15 is 0 Å². The summed E-state index contributed by atoms with van der Waals surface area (Å²) < 4.78 is 7.48. The Hall–Kier alpha value is -2.84. The number of carbonyl (C=O) groups excluding carboxylic acids is 1. The fraction of sp³-hybridized carbons (Fsp3) is 0.292. The summed E-state index contributed by atoms with van der Waals surface area (Å²) in [6, 6.07) is 9.45. The fourth-order valence-electron chi connectivity index (χ4n) is 4.16. The first kappa shape index (κ1) is 21.0. The predicted octanol–water partition coefficient (Wildman–Crippen LogP) is 4.85. The Morgan fingerprint density at radius 2 is 2.25 bits per heavy atom. The van der Waals surface area contributed by atoms with Crippen LogP contribution < -0.4 is 10.9 Å². The van der Waals surface area contributed by atoms with Crippen molar-refractivity contribution in [3.63, 3.8) is 0 Å². The zero-order valence-corrected chi connectivity index (χ0v) is 19.4. The summed E-state index contributed by atoms with van der Waals surface area (Å²) in [7, 11) is 0. The Morgan fingerprint density at radius 3 is 3.06 bits per heavy atom. The molecule has 1 aliphatic rings. The van der Waals surface area contributed by atoms with Gasteiger partial charge in [0, 0.05) is 16.8 Å². The third kappa shape index (κ3) is 3.78. The Morgan fingerprint density at radius 1 is 1.41 bits per heavy atom. The maximum atomic E-state index is 13.2. The van der Waals surface area contributed by atoms with E-state index in [4.69, 9.17) is 9.40 Å². The van der Waals surface area contributed by atoms with Gasteiger partial charge >= 0.3 is 0 Å². The van der Waals surface area contributed by atoms with Crippen LogP contribution in [-0.4, -0.2) is 21.2 Å². The van der Waals surface area contributed by atoms with Gasteiger partial charge in [-0.05, 0) is 43.9 Å². The quantitative estimate of drug-likeness (QED) is 0.240. The number of allylic oxidation sites excluding steroid dienone is 1. The number of nitrogens with zero attached hydrogens (tertiary/aromatic N) is 2. The first-order chi connectivity index (χ1) is 15.5. The minimum atomic E-state index is -0.262. The molecule has 0 saturated carbocycles. The van der Waals surface area contributed by atoms with Crippen LogP contribution in [0.3, 0.4) is 0 Å². The molecule has 1 N–H and O–H groups in total. The van der Waals surface area contributed by atoms with Crippen LogP contribution in [0.1, 0.15) is 35.6 Å². The van der Waals surface area contributed by atoms with E-state index in [0.29, 0.717) is 17.5 Å². The molecule has 3 aromatic heterocycles. The summed E-state index contributed by atoms with van der Waals surface area (Å²) in [6.07, 6.45) is 4.74. The number of benzene rings is 1. The van der Waals surface area contributed by atoms with Crippen LogP contribution in [0.2, 0.25) is 0 Å². The summed E-state index contributed by atoms with van der Waals surface area (Å²) in [5, 5.41) is 5.28. The second-order valence-corrected chi connectivity index (χ2v) is 9.93. The number of furan rings is 1. The number of fused-ring (bicyclic) bond motifs is 4. The normalized spacial score (nSPS) is 14.0. The monoisotopic (exact) mass is 465 g/mol. The third-order valence-electron chi connectivity index (χ3n) is 5.68. The lowest BCUT2D eigenvalue weighted by atomic mass is 10.2. The zero-order valence-electron chi connectivity index (χ0n) is 17.7. The predicted molar refractivity (Wildman–Crippen MR) is 130 cm³/mol. The third-order valence-corrected chi connectivity index (χ3v) is 7.84. The molecule has 0 radical (unpaired) electrons. The summed E-state index contributed by atoms with van der Waals surface area (Å²) >= 11 is 2.88. The van der Waals surface area contributed by atoms with Crippen molar-refractivity contribution < 1.29 is 9.21 Å². The van der Waals surface area contributed by atoms with Gasteiger partial charge in [-0.3, -0.25) is 14.2 Å². The van der Waals surface area contributed by atoms with E-state index in [1.165, 1.54) is 16.6 Å². The number of amides is 1. The average Bonchev–Trinajstić information content (AvgIpc) is 3.48. The first-order valence-electron chi connectivity index (χ1n) is 10.6. The molecule has 164 valence electrons. The average molecular weight is 466 g/mol. The van der Waals surface area contributed by atoms with Crippen molar-refractivity contribution in [2.24, 2.45) is 0 Å². The van der Waals surface area contributed by atoms with Gasteiger partial charge in [0.1, 0.15) is 16.2 Å². The minimum Gasteiger partial charge on any atom is -0.459 e. The number of aryl methyl sites for hydroxylation is 2. The second-order valence-electron chi connectivity index (χ2n) is 7.90. The molecule has 1 amide bonds. The van der Waals surface area contributed by atoms with Gasteiger partial charge < -0.3 is 9.73 Å². The second kappa shape index (κ2) is 8.60. The lowest BCUT2D eigenvalue weighted by Gasteiger charge is -2.13. The van der Waals surface area contributed by atoms with Gasteiger partial charge in [0.05, 0.1) is 17.2 Å². The summed E-state index contributed by atoms with van der Waals surface area (Å²) in [5.74, 6) is 0.724. The van der Waals surface area contributed by atoms with Crippen molar-refractivity contribution in [1.29, 1.82) is 0 Å². The molecule has 0 bridgehead atoms.